The van der Waals surface area contributed by atoms with Crippen LogP contribution in [0.1, 0.15) is 24.3 Å². The molecule has 1 amide bonds. The van der Waals surface area contributed by atoms with Crippen LogP contribution >= 0.6 is 0 Å². The highest BCUT2D eigenvalue weighted by Crippen LogP contribution is 2.28. The van der Waals surface area contributed by atoms with Crippen LogP contribution in [0.4, 0.5) is 19.1 Å². The Kier molecular flexibility index (Phi) is 5.25. The fourth-order valence-electron chi connectivity index (χ4n) is 3.09. The van der Waals surface area contributed by atoms with Crippen molar-refractivity contribution in [2.75, 3.05) is 18.4 Å². The van der Waals surface area contributed by atoms with Crippen molar-refractivity contribution in [1.29, 1.82) is 0 Å². The van der Waals surface area contributed by atoms with Crippen molar-refractivity contribution in [1.82, 2.24) is 29.7 Å². The molecule has 0 aliphatic carbocycles. The first-order valence-corrected chi connectivity index (χ1v) is 9.52. The van der Waals surface area contributed by atoms with Gasteiger partial charge in [0, 0.05) is 35.1 Å². The first-order chi connectivity index (χ1) is 14.7. The van der Waals surface area contributed by atoms with Gasteiger partial charge in [0.2, 0.25) is 5.95 Å². The van der Waals surface area contributed by atoms with Crippen LogP contribution in [0.2, 0.25) is 0 Å². The summed E-state index contributed by atoms with van der Waals surface area (Å²) < 4.78 is 40.0. The SMILES string of the molecule is CC(C)(F)CNc1ncc2c(-c3ccc4ncc(C(=O)NCC(F)F)n4c3)c[nH]c2n1. The van der Waals surface area contributed by atoms with Crippen LogP contribution in [0.25, 0.3) is 27.8 Å². The van der Waals surface area contributed by atoms with Gasteiger partial charge in [0.15, 0.2) is 0 Å². The molecule has 4 aromatic rings. The molecular formula is C20H20F3N7O. The van der Waals surface area contributed by atoms with Gasteiger partial charge in [0.25, 0.3) is 12.3 Å². The van der Waals surface area contributed by atoms with Gasteiger partial charge in [-0.1, -0.05) is 0 Å². The highest BCUT2D eigenvalue weighted by Gasteiger charge is 2.17. The summed E-state index contributed by atoms with van der Waals surface area (Å²) in [7, 11) is 0. The molecule has 0 aliphatic heterocycles. The normalized spacial score (nSPS) is 12.1. The number of H-pyrrole nitrogens is 1. The summed E-state index contributed by atoms with van der Waals surface area (Å²) in [4.78, 5) is 28.1. The van der Waals surface area contributed by atoms with E-state index in [1.54, 1.807) is 24.7 Å². The van der Waals surface area contributed by atoms with Gasteiger partial charge in [0.05, 0.1) is 19.3 Å². The maximum atomic E-state index is 13.7. The Hall–Kier alpha value is -3.63. The van der Waals surface area contributed by atoms with Crippen molar-refractivity contribution >= 4 is 28.5 Å². The third-order valence-electron chi connectivity index (χ3n) is 4.57. The molecule has 11 heteroatoms. The zero-order valence-electron chi connectivity index (χ0n) is 16.8. The number of amides is 1. The third kappa shape index (κ3) is 4.44. The maximum Gasteiger partial charge on any atom is 0.270 e. The number of imidazole rings is 1. The number of hydrogen-bond acceptors (Lipinski definition) is 5. The lowest BCUT2D eigenvalue weighted by atomic mass is 10.1. The van der Waals surface area contributed by atoms with Gasteiger partial charge in [-0.2, -0.15) is 4.98 Å². The van der Waals surface area contributed by atoms with Crippen LogP contribution in [0.5, 0.6) is 0 Å². The van der Waals surface area contributed by atoms with E-state index >= 15 is 0 Å². The van der Waals surface area contributed by atoms with Crippen LogP contribution in [0, 0.1) is 0 Å². The number of pyridine rings is 1. The van der Waals surface area contributed by atoms with Crippen LogP contribution < -0.4 is 10.6 Å². The van der Waals surface area contributed by atoms with E-state index in [0.29, 0.717) is 17.2 Å². The average Bonchev–Trinajstić information content (AvgIpc) is 3.33. The van der Waals surface area contributed by atoms with Gasteiger partial charge < -0.3 is 15.6 Å². The molecule has 162 valence electrons. The minimum Gasteiger partial charge on any atom is -0.351 e. The number of aromatic nitrogens is 5. The monoisotopic (exact) mass is 431 g/mol. The van der Waals surface area contributed by atoms with E-state index in [0.717, 1.165) is 16.5 Å². The van der Waals surface area contributed by atoms with E-state index < -0.39 is 24.5 Å². The second-order valence-corrected chi connectivity index (χ2v) is 7.62. The number of carbonyl (C=O) groups is 1. The molecule has 0 aromatic carbocycles. The summed E-state index contributed by atoms with van der Waals surface area (Å²) in [6.07, 6.45) is 3.76. The minimum atomic E-state index is -2.64. The van der Waals surface area contributed by atoms with Crippen molar-refractivity contribution < 1.29 is 18.0 Å². The largest absolute Gasteiger partial charge is 0.351 e. The molecule has 31 heavy (non-hydrogen) atoms. The lowest BCUT2D eigenvalue weighted by Crippen LogP contribution is -2.29. The zero-order valence-corrected chi connectivity index (χ0v) is 16.8. The fourth-order valence-corrected chi connectivity index (χ4v) is 3.09. The Balaban J connectivity index is 1.65. The predicted molar refractivity (Wildman–Crippen MR) is 110 cm³/mol. The minimum absolute atomic E-state index is 0.0692. The highest BCUT2D eigenvalue weighted by atomic mass is 19.3. The lowest BCUT2D eigenvalue weighted by Gasteiger charge is -2.14. The van der Waals surface area contributed by atoms with Gasteiger partial charge >= 0.3 is 0 Å². The zero-order chi connectivity index (χ0) is 22.2. The molecule has 0 unspecified atom stereocenters. The second-order valence-electron chi connectivity index (χ2n) is 7.62. The van der Waals surface area contributed by atoms with E-state index in [1.807, 2.05) is 6.07 Å². The van der Waals surface area contributed by atoms with Crippen LogP contribution in [-0.2, 0) is 0 Å². The number of nitrogens with one attached hydrogen (secondary N) is 3. The van der Waals surface area contributed by atoms with Gasteiger partial charge in [-0.3, -0.25) is 9.20 Å². The Morgan fingerprint density at radius 1 is 1.26 bits per heavy atom. The molecule has 4 heterocycles. The number of alkyl halides is 3. The Bertz CT molecular complexity index is 1240. The highest BCUT2D eigenvalue weighted by molar-refractivity contribution is 5.95. The second kappa shape index (κ2) is 7.89. The molecule has 0 bridgehead atoms. The van der Waals surface area contributed by atoms with Gasteiger partial charge in [0.1, 0.15) is 22.7 Å². The molecule has 0 saturated carbocycles. The smallest absolute Gasteiger partial charge is 0.270 e. The number of hydrogen-bond donors (Lipinski definition) is 3. The van der Waals surface area contributed by atoms with E-state index in [9.17, 15) is 18.0 Å². The van der Waals surface area contributed by atoms with Crippen molar-refractivity contribution in [2.24, 2.45) is 0 Å². The number of aromatic amines is 1. The third-order valence-corrected chi connectivity index (χ3v) is 4.57. The van der Waals surface area contributed by atoms with E-state index in [-0.39, 0.29) is 12.2 Å². The molecule has 0 saturated heterocycles. The predicted octanol–water partition coefficient (Wildman–Crippen LogP) is 3.43. The molecule has 0 atom stereocenters. The summed E-state index contributed by atoms with van der Waals surface area (Å²) in [6, 6.07) is 3.54. The first kappa shape index (κ1) is 20.6. The Labute approximate surface area is 174 Å². The molecule has 0 radical (unpaired) electrons. The van der Waals surface area contributed by atoms with E-state index in [1.165, 1.54) is 24.4 Å². The van der Waals surface area contributed by atoms with Crippen molar-refractivity contribution in [3.63, 3.8) is 0 Å². The number of carbonyl (C=O) groups excluding carboxylic acids is 1. The van der Waals surface area contributed by atoms with Crippen molar-refractivity contribution in [3.05, 3.63) is 42.6 Å². The van der Waals surface area contributed by atoms with Crippen LogP contribution in [-0.4, -0.2) is 55.4 Å². The Morgan fingerprint density at radius 3 is 2.81 bits per heavy atom. The number of anilines is 1. The summed E-state index contributed by atoms with van der Waals surface area (Å²) >= 11 is 0. The van der Waals surface area contributed by atoms with Crippen LogP contribution in [0.15, 0.2) is 36.9 Å². The molecule has 4 rings (SSSR count). The summed E-state index contributed by atoms with van der Waals surface area (Å²) in [5.41, 5.74) is 1.33. The summed E-state index contributed by atoms with van der Waals surface area (Å²) in [5, 5.41) is 5.77. The molecule has 0 spiro atoms. The van der Waals surface area contributed by atoms with Gasteiger partial charge in [-0.15, -0.1) is 0 Å². The summed E-state index contributed by atoms with van der Waals surface area (Å²) in [6.45, 7) is 2.25. The van der Waals surface area contributed by atoms with Crippen molar-refractivity contribution in [3.8, 4) is 11.1 Å². The molecule has 4 aromatic heterocycles. The number of halogens is 3. The number of rotatable bonds is 7. The van der Waals surface area contributed by atoms with E-state index in [4.69, 9.17) is 0 Å². The van der Waals surface area contributed by atoms with Gasteiger partial charge in [-0.05, 0) is 26.0 Å². The lowest BCUT2D eigenvalue weighted by molar-refractivity contribution is 0.0886. The maximum absolute atomic E-state index is 13.7. The standard InChI is InChI=1S/C20H20F3N7O/c1-20(2,23)10-28-19-27-6-13-12(5-25-17(13)29-19)11-3-4-16-24-7-14(30(16)9-11)18(31)26-8-15(21)22/h3-7,9,15H,8,10H2,1-2H3,(H,26,31)(H2,25,27,28,29). The number of fused-ring (bicyclic) bond motifs is 2. The molecule has 3 N–H and O–H groups in total. The van der Waals surface area contributed by atoms with Crippen LogP contribution in [0.3, 0.4) is 0 Å². The van der Waals surface area contributed by atoms with Gasteiger partial charge in [-0.25, -0.2) is 23.1 Å². The van der Waals surface area contributed by atoms with E-state index in [2.05, 4.69) is 30.6 Å². The summed E-state index contributed by atoms with van der Waals surface area (Å²) in [5.74, 6) is -0.339. The molecule has 0 fully saturated rings. The topological polar surface area (TPSA) is 100 Å². The molecular weight excluding hydrogens is 411 g/mol. The molecule has 8 nitrogen and oxygen atoms in total. The van der Waals surface area contributed by atoms with Crippen molar-refractivity contribution in [2.45, 2.75) is 25.9 Å². The fraction of sp³-hybridized carbons (Fsp3) is 0.300. The molecule has 0 aliphatic rings. The first-order valence-electron chi connectivity index (χ1n) is 9.52. The number of nitrogens with zero attached hydrogens (tertiary/aromatic N) is 4. The quantitative estimate of drug-likeness (QED) is 0.416. The average molecular weight is 431 g/mol. The Morgan fingerprint density at radius 2 is 2.06 bits per heavy atom.